The molecule has 0 aromatic heterocycles. The van der Waals surface area contributed by atoms with Crippen LogP contribution >= 0.6 is 0 Å². The van der Waals surface area contributed by atoms with E-state index in [0.29, 0.717) is 12.6 Å². The Morgan fingerprint density at radius 3 is 2.61 bits per heavy atom. The van der Waals surface area contributed by atoms with Crippen LogP contribution in [-0.4, -0.2) is 24.4 Å². The molecule has 0 aliphatic heterocycles. The molecule has 2 N–H and O–H groups in total. The van der Waals surface area contributed by atoms with Crippen LogP contribution in [0.5, 0.6) is 5.75 Å². The predicted octanol–water partition coefficient (Wildman–Crippen LogP) is 3.05. The van der Waals surface area contributed by atoms with E-state index in [1.807, 2.05) is 24.3 Å². The molecular weight excluding hydrogens is 226 g/mol. The first-order valence-corrected chi connectivity index (χ1v) is 6.90. The summed E-state index contributed by atoms with van der Waals surface area (Å²) in [5, 5.41) is 12.3. The van der Waals surface area contributed by atoms with Gasteiger partial charge >= 0.3 is 0 Å². The van der Waals surface area contributed by atoms with Crippen molar-refractivity contribution < 1.29 is 9.84 Å². The lowest BCUT2D eigenvalue weighted by atomic mass is 9.86. The van der Waals surface area contributed by atoms with Gasteiger partial charge in [0.25, 0.3) is 0 Å². The van der Waals surface area contributed by atoms with Crippen LogP contribution in [0, 0.1) is 5.92 Å². The zero-order valence-corrected chi connectivity index (χ0v) is 11.1. The lowest BCUT2D eigenvalue weighted by molar-refractivity contribution is 0.201. The Balaban J connectivity index is 1.89. The molecule has 2 rings (SSSR count). The molecule has 1 aliphatic carbocycles. The number of anilines is 1. The first-order chi connectivity index (χ1) is 8.79. The van der Waals surface area contributed by atoms with E-state index in [1.165, 1.54) is 25.7 Å². The maximum absolute atomic E-state index is 8.69. The number of rotatable bonds is 5. The van der Waals surface area contributed by atoms with Gasteiger partial charge in [0.2, 0.25) is 0 Å². The average molecular weight is 249 g/mol. The summed E-state index contributed by atoms with van der Waals surface area (Å²) >= 11 is 0. The van der Waals surface area contributed by atoms with E-state index in [2.05, 4.69) is 12.2 Å². The largest absolute Gasteiger partial charge is 0.491 e. The van der Waals surface area contributed by atoms with Gasteiger partial charge in [-0.1, -0.05) is 19.8 Å². The number of ether oxygens (including phenoxy) is 1. The van der Waals surface area contributed by atoms with E-state index in [9.17, 15) is 0 Å². The first kappa shape index (κ1) is 13.2. The van der Waals surface area contributed by atoms with E-state index in [-0.39, 0.29) is 6.61 Å². The lowest BCUT2D eigenvalue weighted by Gasteiger charge is -2.30. The third-order valence-electron chi connectivity index (χ3n) is 3.68. The molecular formula is C15H23NO2. The Hall–Kier alpha value is -1.22. The molecule has 18 heavy (non-hydrogen) atoms. The van der Waals surface area contributed by atoms with Gasteiger partial charge < -0.3 is 15.2 Å². The quantitative estimate of drug-likeness (QED) is 0.842. The number of benzene rings is 1. The van der Waals surface area contributed by atoms with E-state index in [0.717, 1.165) is 17.4 Å². The zero-order chi connectivity index (χ0) is 12.8. The minimum Gasteiger partial charge on any atom is -0.491 e. The van der Waals surface area contributed by atoms with Crippen molar-refractivity contribution in [2.45, 2.75) is 38.6 Å². The predicted molar refractivity (Wildman–Crippen MR) is 74.1 cm³/mol. The topological polar surface area (TPSA) is 41.5 Å². The minimum absolute atomic E-state index is 0.0551. The molecule has 0 saturated heterocycles. The molecule has 3 heteroatoms. The molecule has 0 heterocycles. The van der Waals surface area contributed by atoms with Crippen LogP contribution in [-0.2, 0) is 0 Å². The van der Waals surface area contributed by atoms with Crippen LogP contribution in [0.25, 0.3) is 0 Å². The van der Waals surface area contributed by atoms with Gasteiger partial charge in [0.05, 0.1) is 6.61 Å². The Morgan fingerprint density at radius 2 is 1.94 bits per heavy atom. The maximum atomic E-state index is 8.69. The molecule has 100 valence electrons. The highest BCUT2D eigenvalue weighted by Crippen LogP contribution is 2.27. The summed E-state index contributed by atoms with van der Waals surface area (Å²) in [6.07, 6.45) is 5.30. The van der Waals surface area contributed by atoms with Crippen LogP contribution in [0.1, 0.15) is 32.6 Å². The van der Waals surface area contributed by atoms with E-state index < -0.39 is 0 Å². The Morgan fingerprint density at radius 1 is 1.22 bits per heavy atom. The second kappa shape index (κ2) is 6.64. The average Bonchev–Trinajstić information content (AvgIpc) is 2.41. The number of hydrogen-bond acceptors (Lipinski definition) is 3. The molecule has 1 saturated carbocycles. The highest BCUT2D eigenvalue weighted by molar-refractivity contribution is 5.47. The van der Waals surface area contributed by atoms with Crippen molar-refractivity contribution in [2.24, 2.45) is 5.92 Å². The summed E-state index contributed by atoms with van der Waals surface area (Å²) < 4.78 is 5.34. The molecule has 0 bridgehead atoms. The summed E-state index contributed by atoms with van der Waals surface area (Å²) in [6, 6.07) is 8.60. The highest BCUT2D eigenvalue weighted by atomic mass is 16.5. The van der Waals surface area contributed by atoms with Crippen molar-refractivity contribution in [2.75, 3.05) is 18.5 Å². The highest BCUT2D eigenvalue weighted by Gasteiger charge is 2.20. The molecule has 3 nitrogen and oxygen atoms in total. The van der Waals surface area contributed by atoms with Crippen molar-refractivity contribution in [3.8, 4) is 5.75 Å². The van der Waals surface area contributed by atoms with Crippen molar-refractivity contribution in [3.63, 3.8) is 0 Å². The monoisotopic (exact) mass is 249 g/mol. The van der Waals surface area contributed by atoms with E-state index in [1.54, 1.807) is 0 Å². The van der Waals surface area contributed by atoms with Gasteiger partial charge in [0.1, 0.15) is 12.4 Å². The summed E-state index contributed by atoms with van der Waals surface area (Å²) in [4.78, 5) is 0. The fraction of sp³-hybridized carbons (Fsp3) is 0.600. The van der Waals surface area contributed by atoms with Gasteiger partial charge in [0.15, 0.2) is 0 Å². The fourth-order valence-corrected chi connectivity index (χ4v) is 2.56. The number of nitrogens with one attached hydrogen (secondary N) is 1. The first-order valence-electron chi connectivity index (χ1n) is 6.90. The molecule has 1 aromatic carbocycles. The molecule has 2 unspecified atom stereocenters. The summed E-state index contributed by atoms with van der Waals surface area (Å²) in [5.41, 5.74) is 1.16. The molecule has 0 radical (unpaired) electrons. The van der Waals surface area contributed by atoms with Crippen LogP contribution in [0.3, 0.4) is 0 Å². The van der Waals surface area contributed by atoms with Crippen LogP contribution in [0.4, 0.5) is 5.69 Å². The van der Waals surface area contributed by atoms with Gasteiger partial charge in [-0.05, 0) is 43.0 Å². The molecule has 0 spiro atoms. The van der Waals surface area contributed by atoms with Gasteiger partial charge in [-0.2, -0.15) is 0 Å². The summed E-state index contributed by atoms with van der Waals surface area (Å²) in [5.74, 6) is 1.57. The van der Waals surface area contributed by atoms with Gasteiger partial charge in [-0.3, -0.25) is 0 Å². The van der Waals surface area contributed by atoms with Crippen molar-refractivity contribution in [1.82, 2.24) is 0 Å². The maximum Gasteiger partial charge on any atom is 0.119 e. The molecule has 2 atom stereocenters. The Bertz CT molecular complexity index is 350. The van der Waals surface area contributed by atoms with Crippen molar-refractivity contribution >= 4 is 5.69 Å². The smallest absolute Gasteiger partial charge is 0.119 e. The standard InChI is InChI=1S/C15H23NO2/c1-12-4-2-3-5-15(12)16-13-6-8-14(9-7-13)18-11-10-17/h6-9,12,15-17H,2-5,10-11H2,1H3. The van der Waals surface area contributed by atoms with Gasteiger partial charge in [-0.15, -0.1) is 0 Å². The van der Waals surface area contributed by atoms with Crippen LogP contribution in [0.15, 0.2) is 24.3 Å². The van der Waals surface area contributed by atoms with E-state index in [4.69, 9.17) is 9.84 Å². The van der Waals surface area contributed by atoms with Crippen molar-refractivity contribution in [1.29, 1.82) is 0 Å². The Kier molecular flexibility index (Phi) is 4.88. The van der Waals surface area contributed by atoms with Crippen LogP contribution < -0.4 is 10.1 Å². The lowest BCUT2D eigenvalue weighted by Crippen LogP contribution is -2.30. The van der Waals surface area contributed by atoms with E-state index >= 15 is 0 Å². The fourth-order valence-electron chi connectivity index (χ4n) is 2.56. The second-order valence-corrected chi connectivity index (χ2v) is 5.11. The molecule has 0 amide bonds. The van der Waals surface area contributed by atoms with Crippen molar-refractivity contribution in [3.05, 3.63) is 24.3 Å². The SMILES string of the molecule is CC1CCCCC1Nc1ccc(OCCO)cc1. The second-order valence-electron chi connectivity index (χ2n) is 5.11. The third-order valence-corrected chi connectivity index (χ3v) is 3.68. The third kappa shape index (κ3) is 3.64. The number of aliphatic hydroxyl groups excluding tert-OH is 1. The number of aliphatic hydroxyl groups is 1. The minimum atomic E-state index is 0.0551. The molecule has 1 aliphatic rings. The molecule has 1 fully saturated rings. The number of hydrogen-bond donors (Lipinski definition) is 2. The summed E-state index contributed by atoms with van der Waals surface area (Å²) in [7, 11) is 0. The van der Waals surface area contributed by atoms with Gasteiger partial charge in [0, 0.05) is 11.7 Å². The Labute approximate surface area is 109 Å². The van der Waals surface area contributed by atoms with Crippen LogP contribution in [0.2, 0.25) is 0 Å². The molecule has 1 aromatic rings. The van der Waals surface area contributed by atoms with Gasteiger partial charge in [-0.25, -0.2) is 0 Å². The normalized spacial score (nSPS) is 23.7. The zero-order valence-electron chi connectivity index (χ0n) is 11.1. The summed E-state index contributed by atoms with van der Waals surface area (Å²) in [6.45, 7) is 2.74.